The average molecular weight is 540 g/mol. The monoisotopic (exact) mass is 539 g/mol. The second-order valence-electron chi connectivity index (χ2n) is 10.5. The molecule has 8 nitrogen and oxygen atoms in total. The van der Waals surface area contributed by atoms with Crippen LogP contribution in [-0.4, -0.2) is 51.5 Å². The molecule has 1 saturated heterocycles. The Bertz CT molecular complexity index is 1740. The first-order valence-corrected chi connectivity index (χ1v) is 13.4. The van der Waals surface area contributed by atoms with Gasteiger partial charge in [-0.05, 0) is 47.7 Å². The SMILES string of the molecule is C=CC(=O)N1CCN(c2nc(=O)n(-c3c(C)ccnc3C(C)C)c3c(F)c4c(cc23)OCc2ccccc2-4)CC1. The average Bonchev–Trinajstić information content (AvgIpc) is 2.96. The summed E-state index contributed by atoms with van der Waals surface area (Å²) in [5, 5.41) is 0.469. The van der Waals surface area contributed by atoms with Gasteiger partial charge in [-0.1, -0.05) is 44.7 Å². The van der Waals surface area contributed by atoms with E-state index in [-0.39, 0.29) is 17.3 Å². The van der Waals surface area contributed by atoms with Crippen molar-refractivity contribution >= 4 is 22.6 Å². The van der Waals surface area contributed by atoms with Crippen molar-refractivity contribution in [3.05, 3.63) is 88.4 Å². The zero-order valence-electron chi connectivity index (χ0n) is 22.8. The number of nitrogens with zero attached hydrogens (tertiary/aromatic N) is 5. The Morgan fingerprint density at radius 2 is 1.90 bits per heavy atom. The van der Waals surface area contributed by atoms with Crippen LogP contribution in [0.15, 0.2) is 60.0 Å². The second kappa shape index (κ2) is 9.89. The van der Waals surface area contributed by atoms with Crippen LogP contribution in [0.1, 0.15) is 36.6 Å². The maximum atomic E-state index is 17.0. The quantitative estimate of drug-likeness (QED) is 0.349. The highest BCUT2D eigenvalue weighted by molar-refractivity contribution is 5.98. The number of hydrogen-bond donors (Lipinski definition) is 0. The van der Waals surface area contributed by atoms with Gasteiger partial charge in [-0.25, -0.2) is 9.18 Å². The summed E-state index contributed by atoms with van der Waals surface area (Å²) in [6, 6.07) is 11.2. The van der Waals surface area contributed by atoms with E-state index < -0.39 is 11.5 Å². The molecule has 0 bridgehead atoms. The van der Waals surface area contributed by atoms with E-state index in [1.54, 1.807) is 17.2 Å². The number of benzene rings is 2. The van der Waals surface area contributed by atoms with E-state index in [2.05, 4.69) is 16.5 Å². The van der Waals surface area contributed by atoms with Gasteiger partial charge in [-0.2, -0.15) is 4.98 Å². The van der Waals surface area contributed by atoms with Crippen LogP contribution in [0, 0.1) is 12.7 Å². The number of carbonyl (C=O) groups excluding carboxylic acids is 1. The molecule has 2 aliphatic heterocycles. The Labute approximate surface area is 231 Å². The first kappa shape index (κ1) is 25.7. The number of hydrogen-bond acceptors (Lipinski definition) is 6. The summed E-state index contributed by atoms with van der Waals surface area (Å²) in [5.74, 6) is 0.0760. The molecule has 1 fully saturated rings. The normalized spacial score (nSPS) is 14.6. The second-order valence-corrected chi connectivity index (χ2v) is 10.5. The molecule has 0 radical (unpaired) electrons. The summed E-state index contributed by atoms with van der Waals surface area (Å²) in [6.45, 7) is 11.5. The van der Waals surface area contributed by atoms with Crippen molar-refractivity contribution in [2.24, 2.45) is 0 Å². The van der Waals surface area contributed by atoms with Gasteiger partial charge >= 0.3 is 5.69 Å². The van der Waals surface area contributed by atoms with Crippen LogP contribution >= 0.6 is 0 Å². The number of rotatable bonds is 4. The minimum absolute atomic E-state index is 0.0169. The fourth-order valence-corrected chi connectivity index (χ4v) is 5.71. The highest BCUT2D eigenvalue weighted by atomic mass is 19.1. The number of halogens is 1. The summed E-state index contributed by atoms with van der Waals surface area (Å²) in [7, 11) is 0. The molecule has 0 spiro atoms. The maximum Gasteiger partial charge on any atom is 0.354 e. The van der Waals surface area contributed by atoms with Crippen molar-refractivity contribution in [3.8, 4) is 22.6 Å². The van der Waals surface area contributed by atoms with Crippen LogP contribution in [0.2, 0.25) is 0 Å². The van der Waals surface area contributed by atoms with E-state index in [0.29, 0.717) is 66.7 Å². The molecule has 2 aromatic carbocycles. The minimum Gasteiger partial charge on any atom is -0.488 e. The first-order chi connectivity index (χ1) is 19.3. The van der Waals surface area contributed by atoms with Crippen LogP contribution in [0.5, 0.6) is 5.75 Å². The van der Waals surface area contributed by atoms with E-state index >= 15 is 4.39 Å². The molecule has 0 N–H and O–H groups in total. The van der Waals surface area contributed by atoms with Crippen LogP contribution in [0.3, 0.4) is 0 Å². The summed E-state index contributed by atoms with van der Waals surface area (Å²) in [5.41, 5.74) is 3.50. The Morgan fingerprint density at radius 3 is 2.62 bits per heavy atom. The zero-order valence-corrected chi connectivity index (χ0v) is 22.8. The lowest BCUT2D eigenvalue weighted by molar-refractivity contribution is -0.126. The highest BCUT2D eigenvalue weighted by Gasteiger charge is 2.30. The molecule has 6 rings (SSSR count). The molecule has 0 unspecified atom stereocenters. The van der Waals surface area contributed by atoms with Crippen molar-refractivity contribution in [1.29, 1.82) is 0 Å². The lowest BCUT2D eigenvalue weighted by Crippen LogP contribution is -2.49. The lowest BCUT2D eigenvalue weighted by atomic mass is 9.94. The fraction of sp³-hybridized carbons (Fsp3) is 0.290. The Morgan fingerprint density at radius 1 is 1.15 bits per heavy atom. The number of aryl methyl sites for hydroxylation is 1. The fourth-order valence-electron chi connectivity index (χ4n) is 5.71. The standard InChI is InChI=1S/C31H30FN5O3/c1-5-24(38)35-12-14-36(15-13-35)30-22-16-23-25(21-9-7-6-8-20(21)17-40-23)26(32)29(22)37(31(39)34-30)28-19(4)10-11-33-27(28)18(2)3/h5-11,16,18H,1,12-15,17H2,2-4H3. The molecule has 1 amide bonds. The van der Waals surface area contributed by atoms with Gasteiger partial charge in [0.15, 0.2) is 5.82 Å². The molecule has 0 aliphatic carbocycles. The Hall–Kier alpha value is -4.53. The van der Waals surface area contributed by atoms with Gasteiger partial charge in [0.05, 0.1) is 22.5 Å². The van der Waals surface area contributed by atoms with Crippen molar-refractivity contribution in [1.82, 2.24) is 19.4 Å². The van der Waals surface area contributed by atoms with Crippen molar-refractivity contribution in [2.75, 3.05) is 31.1 Å². The number of piperazine rings is 1. The third kappa shape index (κ3) is 4.04. The van der Waals surface area contributed by atoms with Gasteiger partial charge in [0, 0.05) is 37.8 Å². The molecule has 2 aromatic heterocycles. The Balaban J connectivity index is 1.65. The van der Waals surface area contributed by atoms with Crippen molar-refractivity contribution in [3.63, 3.8) is 0 Å². The summed E-state index contributed by atoms with van der Waals surface area (Å²) in [6.07, 6.45) is 3.00. The lowest BCUT2D eigenvalue weighted by Gasteiger charge is -2.35. The number of anilines is 1. The number of carbonyl (C=O) groups is 1. The number of fused-ring (bicyclic) bond motifs is 4. The summed E-state index contributed by atoms with van der Waals surface area (Å²) in [4.78, 5) is 38.8. The third-order valence-electron chi connectivity index (χ3n) is 7.72. The summed E-state index contributed by atoms with van der Waals surface area (Å²) < 4.78 is 24.4. The molecule has 9 heteroatoms. The van der Waals surface area contributed by atoms with E-state index in [1.807, 2.05) is 56.0 Å². The number of pyridine rings is 1. The molecule has 204 valence electrons. The van der Waals surface area contributed by atoms with Crippen LogP contribution in [-0.2, 0) is 11.4 Å². The molecular weight excluding hydrogens is 509 g/mol. The van der Waals surface area contributed by atoms with Crippen molar-refractivity contribution < 1.29 is 13.9 Å². The van der Waals surface area contributed by atoms with E-state index in [4.69, 9.17) is 4.74 Å². The molecule has 0 atom stereocenters. The summed E-state index contributed by atoms with van der Waals surface area (Å²) >= 11 is 0. The number of ether oxygens (including phenoxy) is 1. The molecular formula is C31H30FN5O3. The van der Waals surface area contributed by atoms with Crippen LogP contribution in [0.4, 0.5) is 10.2 Å². The van der Waals surface area contributed by atoms with Gasteiger partial charge in [-0.15, -0.1) is 0 Å². The minimum atomic E-state index is -0.589. The van der Waals surface area contributed by atoms with Gasteiger partial charge in [-0.3, -0.25) is 14.3 Å². The zero-order chi connectivity index (χ0) is 28.1. The van der Waals surface area contributed by atoms with Gasteiger partial charge in [0.1, 0.15) is 18.2 Å². The molecule has 4 aromatic rings. The third-order valence-corrected chi connectivity index (χ3v) is 7.72. The Kier molecular flexibility index (Phi) is 6.37. The molecule has 40 heavy (non-hydrogen) atoms. The smallest absolute Gasteiger partial charge is 0.354 e. The molecule has 2 aliphatic rings. The molecule has 4 heterocycles. The maximum absolute atomic E-state index is 17.0. The number of amides is 1. The predicted molar refractivity (Wildman–Crippen MR) is 153 cm³/mol. The van der Waals surface area contributed by atoms with Crippen molar-refractivity contribution in [2.45, 2.75) is 33.3 Å². The van der Waals surface area contributed by atoms with E-state index in [0.717, 1.165) is 16.7 Å². The predicted octanol–water partition coefficient (Wildman–Crippen LogP) is 4.75. The van der Waals surface area contributed by atoms with E-state index in [1.165, 1.54) is 10.6 Å². The van der Waals surface area contributed by atoms with Crippen LogP contribution in [0.25, 0.3) is 27.7 Å². The highest BCUT2D eigenvalue weighted by Crippen LogP contribution is 2.44. The van der Waals surface area contributed by atoms with E-state index in [9.17, 15) is 9.59 Å². The first-order valence-electron chi connectivity index (χ1n) is 13.4. The van der Waals surface area contributed by atoms with Gasteiger partial charge < -0.3 is 14.5 Å². The largest absolute Gasteiger partial charge is 0.488 e. The van der Waals surface area contributed by atoms with Gasteiger partial charge in [0.25, 0.3) is 0 Å². The number of aromatic nitrogens is 3. The van der Waals surface area contributed by atoms with Crippen LogP contribution < -0.4 is 15.3 Å². The topological polar surface area (TPSA) is 80.6 Å². The molecule has 0 saturated carbocycles. The van der Waals surface area contributed by atoms with Gasteiger partial charge in [0.2, 0.25) is 5.91 Å².